The van der Waals surface area contributed by atoms with E-state index >= 15 is 0 Å². The average molecular weight is 1440 g/mol. The van der Waals surface area contributed by atoms with E-state index in [0.29, 0.717) is 0 Å². The zero-order chi connectivity index (χ0) is 75.2. The van der Waals surface area contributed by atoms with Gasteiger partial charge < -0.3 is 4.42 Å². The molecule has 0 aliphatic heterocycles. The Kier molecular flexibility index (Phi) is 15.1. The predicted octanol–water partition coefficient (Wildman–Crippen LogP) is 31.3. The topological polar surface area (TPSA) is 13.1 Å². The maximum atomic E-state index is 6.49. The summed E-state index contributed by atoms with van der Waals surface area (Å²) >= 11 is 0. The van der Waals surface area contributed by atoms with Gasteiger partial charge in [0.2, 0.25) is 0 Å². The number of furan rings is 1. The predicted molar refractivity (Wildman–Crippen MR) is 481 cm³/mol. The molecule has 0 fully saturated rings. The minimum absolute atomic E-state index is 0.111. The molecule has 2 aliphatic carbocycles. The van der Waals surface area contributed by atoms with Crippen molar-refractivity contribution >= 4 is 97.3 Å². The Balaban J connectivity index is 0.000000138. The zero-order valence-electron chi connectivity index (χ0n) is 63.4. The van der Waals surface area contributed by atoms with E-state index in [1.165, 1.54) is 198 Å². The van der Waals surface area contributed by atoms with E-state index in [4.69, 9.17) is 4.42 Å². The summed E-state index contributed by atoms with van der Waals surface area (Å²) in [5.41, 5.74) is 32.5. The Labute approximate surface area is 657 Å². The Morgan fingerprint density at radius 3 is 0.965 bits per heavy atom. The SMILES string of the molecule is CC1(C)c2ccc3ccccc3c2-c2cccc(-c3ccc(-c4c5ccccc5c(-c5ccc(-c6ccc7ccccc7c6)cc5)c5ccccc45)cc3)c21.CC1(C)c2ccc3ccccc3c2-c2cccc(-c3ccc(-c4c5ccccc5c(-c5cccc(-c6cccc7c6oc6ccccc67)c5)c5ccccc45)cc3)c21. The first kappa shape index (κ1) is 66.0. The van der Waals surface area contributed by atoms with Crippen molar-refractivity contribution in [2.24, 2.45) is 0 Å². The van der Waals surface area contributed by atoms with Crippen LogP contribution < -0.4 is 0 Å². The minimum atomic E-state index is -0.123. The first-order valence-corrected chi connectivity index (χ1v) is 39.6. The highest BCUT2D eigenvalue weighted by molar-refractivity contribution is 6.24. The van der Waals surface area contributed by atoms with Gasteiger partial charge in [-0.2, -0.15) is 0 Å². The fourth-order valence-electron chi connectivity index (χ4n) is 19.9. The lowest BCUT2D eigenvalue weighted by molar-refractivity contribution is 0.662. The van der Waals surface area contributed by atoms with Gasteiger partial charge in [-0.15, -0.1) is 0 Å². The molecule has 0 bridgehead atoms. The molecule has 1 nitrogen and oxygen atoms in total. The number of hydrogen-bond donors (Lipinski definition) is 0. The molecule has 0 spiro atoms. The Morgan fingerprint density at radius 2 is 0.496 bits per heavy atom. The van der Waals surface area contributed by atoms with Gasteiger partial charge in [0, 0.05) is 27.2 Å². The quantitative estimate of drug-likeness (QED) is 0.138. The second kappa shape index (κ2) is 25.8. The van der Waals surface area contributed by atoms with E-state index in [0.717, 1.165) is 33.1 Å². The molecule has 20 aromatic carbocycles. The second-order valence-corrected chi connectivity index (χ2v) is 32.0. The summed E-state index contributed by atoms with van der Waals surface area (Å²) in [5, 5.41) is 20.1. The van der Waals surface area contributed by atoms with Crippen molar-refractivity contribution < 1.29 is 4.42 Å². The van der Waals surface area contributed by atoms with Gasteiger partial charge in [0.1, 0.15) is 11.2 Å². The van der Waals surface area contributed by atoms with Gasteiger partial charge in [-0.25, -0.2) is 0 Å². The molecule has 0 unspecified atom stereocenters. The molecular formula is C112H76O. The first-order valence-electron chi connectivity index (χ1n) is 39.6. The van der Waals surface area contributed by atoms with Crippen molar-refractivity contribution in [1.82, 2.24) is 0 Å². The van der Waals surface area contributed by atoms with E-state index in [1.807, 2.05) is 6.07 Å². The van der Waals surface area contributed by atoms with Crippen LogP contribution in [0.5, 0.6) is 0 Å². The van der Waals surface area contributed by atoms with Crippen molar-refractivity contribution in [2.45, 2.75) is 38.5 Å². The fraction of sp³-hybridized carbons (Fsp3) is 0.0536. The molecular weight excluding hydrogens is 1360 g/mol. The van der Waals surface area contributed by atoms with Gasteiger partial charge in [0.05, 0.1) is 0 Å². The van der Waals surface area contributed by atoms with Crippen LogP contribution in [0.3, 0.4) is 0 Å². The third-order valence-electron chi connectivity index (χ3n) is 25.1. The summed E-state index contributed by atoms with van der Waals surface area (Å²) in [7, 11) is 0. The van der Waals surface area contributed by atoms with E-state index < -0.39 is 0 Å². The average Bonchev–Trinajstić information content (AvgIpc) is 1.70. The smallest absolute Gasteiger partial charge is 0.143 e. The van der Waals surface area contributed by atoms with Crippen molar-refractivity contribution in [1.29, 1.82) is 0 Å². The molecule has 1 heterocycles. The van der Waals surface area contributed by atoms with Gasteiger partial charge in [0.15, 0.2) is 0 Å². The van der Waals surface area contributed by atoms with Gasteiger partial charge in [-0.05, 0) is 222 Å². The summed E-state index contributed by atoms with van der Waals surface area (Å²) in [6, 6.07) is 143. The monoisotopic (exact) mass is 1440 g/mol. The molecule has 530 valence electrons. The summed E-state index contributed by atoms with van der Waals surface area (Å²) < 4.78 is 6.49. The Morgan fingerprint density at radius 1 is 0.177 bits per heavy atom. The van der Waals surface area contributed by atoms with Crippen LogP contribution in [0.2, 0.25) is 0 Å². The number of benzene rings is 20. The van der Waals surface area contributed by atoms with Crippen LogP contribution in [-0.2, 0) is 10.8 Å². The number of rotatable bonds is 8. The molecule has 0 saturated carbocycles. The van der Waals surface area contributed by atoms with Gasteiger partial charge in [0.25, 0.3) is 0 Å². The summed E-state index contributed by atoms with van der Waals surface area (Å²) in [6.07, 6.45) is 0. The highest BCUT2D eigenvalue weighted by Gasteiger charge is 2.40. The van der Waals surface area contributed by atoms with Gasteiger partial charge in [-0.1, -0.05) is 398 Å². The summed E-state index contributed by atoms with van der Waals surface area (Å²) in [6.45, 7) is 9.56. The molecule has 0 atom stereocenters. The van der Waals surface area contributed by atoms with E-state index in [-0.39, 0.29) is 10.8 Å². The third kappa shape index (κ3) is 10.4. The highest BCUT2D eigenvalue weighted by Crippen LogP contribution is 2.57. The van der Waals surface area contributed by atoms with Crippen molar-refractivity contribution in [3.8, 4) is 111 Å². The number of fused-ring (bicyclic) bond motifs is 18. The molecule has 113 heavy (non-hydrogen) atoms. The summed E-state index contributed by atoms with van der Waals surface area (Å²) in [5.74, 6) is 0. The summed E-state index contributed by atoms with van der Waals surface area (Å²) in [4.78, 5) is 0. The molecule has 23 rings (SSSR count). The van der Waals surface area contributed by atoms with E-state index in [2.05, 4.69) is 410 Å². The molecule has 2 aliphatic rings. The van der Waals surface area contributed by atoms with Crippen LogP contribution in [0.25, 0.3) is 209 Å². The molecule has 1 heteroatoms. The number of para-hydroxylation sites is 2. The third-order valence-corrected chi connectivity index (χ3v) is 25.1. The molecule has 0 saturated heterocycles. The van der Waals surface area contributed by atoms with Crippen molar-refractivity contribution in [3.05, 3.63) is 411 Å². The second-order valence-electron chi connectivity index (χ2n) is 32.0. The first-order chi connectivity index (χ1) is 55.6. The Hall–Kier alpha value is -14.0. The molecule has 21 aromatic rings. The standard InChI is InChI=1S/C57H38O.C55H38/c1-57(2)50-33-32-35-14-3-4-17-40(35)54(50)49-26-12-23-41(55(49)57)36-28-30-37(31-29-36)52-44-19-5-7-21-46(44)53(47-22-8-6-20-45(47)52)39-16-11-15-38(34-39)42-24-13-25-48-43-18-9-10-27-51(43)58-56(42)48;1-55(2)50-33-32-37-13-5-6-15-43(37)53(50)49-21-11-20-44(54(49)55)38-25-29-40(30-26-38)52-47-18-9-7-16-45(47)51(46-17-8-10-19-48(46)52)39-27-22-36(23-28-39)42-31-24-35-12-3-4-14-41(35)34-42/h3-34H,1-2H3;3-34H,1-2H3. The van der Waals surface area contributed by atoms with Crippen LogP contribution in [0.15, 0.2) is 393 Å². The van der Waals surface area contributed by atoms with Crippen molar-refractivity contribution in [3.63, 3.8) is 0 Å². The number of hydrogen-bond acceptors (Lipinski definition) is 1. The zero-order valence-corrected chi connectivity index (χ0v) is 63.4. The highest BCUT2D eigenvalue weighted by atomic mass is 16.3. The largest absolute Gasteiger partial charge is 0.455 e. The minimum Gasteiger partial charge on any atom is -0.455 e. The van der Waals surface area contributed by atoms with Crippen LogP contribution in [-0.4, -0.2) is 0 Å². The lowest BCUT2D eigenvalue weighted by Gasteiger charge is -2.25. The molecule has 0 N–H and O–H groups in total. The van der Waals surface area contributed by atoms with Crippen LogP contribution in [0.1, 0.15) is 49.9 Å². The van der Waals surface area contributed by atoms with Crippen LogP contribution in [0.4, 0.5) is 0 Å². The maximum Gasteiger partial charge on any atom is 0.143 e. The fourth-order valence-corrected chi connectivity index (χ4v) is 19.9. The lowest BCUT2D eigenvalue weighted by Crippen LogP contribution is -2.16. The van der Waals surface area contributed by atoms with E-state index in [9.17, 15) is 0 Å². The Bertz CT molecular complexity index is 7390. The normalized spacial score (nSPS) is 13.1. The van der Waals surface area contributed by atoms with Crippen LogP contribution >= 0.6 is 0 Å². The van der Waals surface area contributed by atoms with Gasteiger partial charge >= 0.3 is 0 Å². The van der Waals surface area contributed by atoms with Gasteiger partial charge in [-0.3, -0.25) is 0 Å². The van der Waals surface area contributed by atoms with E-state index in [1.54, 1.807) is 0 Å². The molecule has 0 amide bonds. The van der Waals surface area contributed by atoms with Crippen LogP contribution in [0, 0.1) is 0 Å². The van der Waals surface area contributed by atoms with Crippen molar-refractivity contribution in [2.75, 3.05) is 0 Å². The molecule has 0 radical (unpaired) electrons. The maximum absolute atomic E-state index is 6.49. The molecule has 1 aromatic heterocycles. The lowest BCUT2D eigenvalue weighted by atomic mass is 9.78.